The first kappa shape index (κ1) is 45.2. The van der Waals surface area contributed by atoms with E-state index in [9.17, 15) is 0 Å². The van der Waals surface area contributed by atoms with Crippen molar-refractivity contribution in [1.82, 2.24) is 0 Å². The van der Waals surface area contributed by atoms with Crippen molar-refractivity contribution in [2.45, 2.75) is 165 Å². The van der Waals surface area contributed by atoms with E-state index in [-0.39, 0.29) is 19.0 Å². The van der Waals surface area contributed by atoms with Gasteiger partial charge in [-0.25, -0.2) is 0 Å². The molecule has 0 aliphatic heterocycles. The molecule has 0 aliphatic carbocycles. The van der Waals surface area contributed by atoms with E-state index in [1.54, 1.807) is 6.92 Å². The number of rotatable bonds is 24. The van der Waals surface area contributed by atoms with Gasteiger partial charge in [0.25, 0.3) is 0 Å². The van der Waals surface area contributed by atoms with Crippen molar-refractivity contribution in [3.05, 3.63) is 0 Å². The zero-order valence-electron chi connectivity index (χ0n) is 28.4. The molecular weight excluding hydrogens is 488 g/mol. The fraction of sp³-hybridized carbons (Fsp3) is 1.00. The van der Waals surface area contributed by atoms with Crippen molar-refractivity contribution in [3.8, 4) is 0 Å². The molecule has 0 unspecified atom stereocenters. The molecule has 0 saturated carbocycles. The zero-order chi connectivity index (χ0) is 28.7. The largest absolute Gasteiger partial charge is 1.00 e. The van der Waals surface area contributed by atoms with Gasteiger partial charge in [-0.1, -0.05) is 114 Å². The molecule has 0 N–H and O–H groups in total. The summed E-state index contributed by atoms with van der Waals surface area (Å²) in [6.07, 6.45) is 22.1. The van der Waals surface area contributed by atoms with Crippen molar-refractivity contribution in [1.29, 1.82) is 0 Å². The van der Waals surface area contributed by atoms with Gasteiger partial charge in [-0.05, 0) is 51.4 Å². The van der Waals surface area contributed by atoms with Crippen molar-refractivity contribution in [3.63, 3.8) is 0 Å². The van der Waals surface area contributed by atoms with Crippen molar-refractivity contribution >= 4 is 0 Å². The minimum Gasteiger partial charge on any atom is -1.00 e. The molecule has 236 valence electrons. The monoisotopic (exact) mass is 565 g/mol. The molecule has 0 bridgehead atoms. The Labute approximate surface area is 250 Å². The minimum atomic E-state index is 0. The molecule has 3 nitrogen and oxygen atoms in total. The first-order valence-corrected chi connectivity index (χ1v) is 17.2. The summed E-state index contributed by atoms with van der Waals surface area (Å²) in [5, 5.41) is 8.93. The van der Waals surface area contributed by atoms with E-state index < -0.39 is 0 Å². The molecule has 0 aromatic carbocycles. The molecule has 0 aliphatic rings. The van der Waals surface area contributed by atoms with E-state index >= 15 is 0 Å². The number of halogens is 1. The number of hydrogen-bond acceptors (Lipinski definition) is 1. The van der Waals surface area contributed by atoms with Crippen molar-refractivity contribution < 1.29 is 26.5 Å². The normalized spacial score (nSPS) is 11.2. The molecule has 0 rings (SSSR count). The Morgan fingerprint density at radius 2 is 0.421 bits per heavy atom. The van der Waals surface area contributed by atoms with Crippen LogP contribution in [-0.4, -0.2) is 67.9 Å². The molecule has 0 spiro atoms. The first-order valence-electron chi connectivity index (χ1n) is 17.2. The molecule has 0 saturated heterocycles. The van der Waals surface area contributed by atoms with E-state index in [1.807, 2.05) is 0 Å². The molecule has 0 amide bonds. The van der Waals surface area contributed by atoms with Gasteiger partial charge in [0.15, 0.2) is 0 Å². The highest BCUT2D eigenvalue weighted by molar-refractivity contribution is 4.50. The smallest absolute Gasteiger partial charge is 0.0786 e. The van der Waals surface area contributed by atoms with Gasteiger partial charge in [0.1, 0.15) is 0 Å². The summed E-state index contributed by atoms with van der Waals surface area (Å²) in [5.74, 6) is 0. The lowest BCUT2D eigenvalue weighted by Crippen LogP contribution is -3.00. The Kier molecular flexibility index (Phi) is 41.8. The van der Waals surface area contributed by atoms with Crippen LogP contribution in [0, 0.1) is 0 Å². The van der Waals surface area contributed by atoms with Crippen molar-refractivity contribution in [2.24, 2.45) is 0 Å². The van der Waals surface area contributed by atoms with Gasteiger partial charge in [-0.15, -0.1) is 6.61 Å². The summed E-state index contributed by atoms with van der Waals surface area (Å²) in [7, 11) is 0. The lowest BCUT2D eigenvalue weighted by atomic mass is 10.1. The highest BCUT2D eigenvalue weighted by Crippen LogP contribution is 2.17. The van der Waals surface area contributed by atoms with Gasteiger partial charge >= 0.3 is 0 Å². The van der Waals surface area contributed by atoms with Crippen LogP contribution < -0.4 is 17.5 Å². The van der Waals surface area contributed by atoms with Gasteiger partial charge in [0.2, 0.25) is 0 Å². The first-order chi connectivity index (χ1) is 17.9. The fourth-order valence-corrected chi connectivity index (χ4v) is 5.29. The van der Waals surface area contributed by atoms with Crippen LogP contribution in [0.5, 0.6) is 0 Å². The predicted molar refractivity (Wildman–Crippen MR) is 169 cm³/mol. The van der Waals surface area contributed by atoms with Crippen LogP contribution in [0.2, 0.25) is 0 Å². The van der Waals surface area contributed by atoms with E-state index in [4.69, 9.17) is 5.11 Å². The summed E-state index contributed by atoms with van der Waals surface area (Å²) in [4.78, 5) is 0. The van der Waals surface area contributed by atoms with Gasteiger partial charge in [0, 0.05) is 0 Å². The summed E-state index contributed by atoms with van der Waals surface area (Å²) in [6, 6.07) is 0. The molecule has 0 heterocycles. The second-order valence-electron chi connectivity index (χ2n) is 11.6. The van der Waals surface area contributed by atoms with Gasteiger partial charge in [0.05, 0.1) is 52.4 Å². The molecule has 0 aromatic heterocycles. The molecular formula is C34H77ClN2O. The number of nitrogens with zero attached hydrogens (tertiary/aromatic N) is 2. The van der Waals surface area contributed by atoms with E-state index in [0.717, 1.165) is 0 Å². The van der Waals surface area contributed by atoms with Gasteiger partial charge in [-0.3, -0.25) is 0 Å². The third-order valence-electron chi connectivity index (χ3n) is 7.89. The van der Waals surface area contributed by atoms with E-state index in [1.165, 1.54) is 164 Å². The predicted octanol–water partition coefficient (Wildman–Crippen LogP) is 6.38. The Hall–Kier alpha value is 0.170. The highest BCUT2D eigenvalue weighted by atomic mass is 35.5. The van der Waals surface area contributed by atoms with Crippen LogP contribution in [0.15, 0.2) is 0 Å². The minimum absolute atomic E-state index is 0. The molecule has 0 fully saturated rings. The fourth-order valence-electron chi connectivity index (χ4n) is 5.29. The lowest BCUT2D eigenvalue weighted by molar-refractivity contribution is -0.929. The topological polar surface area (TPSA) is 23.1 Å². The molecule has 0 radical (unpaired) electrons. The second kappa shape index (κ2) is 35.2. The Balaban J connectivity index is -0.000000269. The van der Waals surface area contributed by atoms with Crippen LogP contribution >= 0.6 is 0 Å². The summed E-state index contributed by atoms with van der Waals surface area (Å²) < 4.78 is 2.84. The third-order valence-corrected chi connectivity index (χ3v) is 7.89. The molecule has 0 atom stereocenters. The maximum absolute atomic E-state index is 8.93. The zero-order valence-corrected chi connectivity index (χ0v) is 29.1. The average molecular weight is 565 g/mol. The third kappa shape index (κ3) is 27.7. The van der Waals surface area contributed by atoms with Crippen LogP contribution in [0.3, 0.4) is 0 Å². The Bertz CT molecular complexity index is 295. The molecule has 38 heavy (non-hydrogen) atoms. The molecule has 4 heteroatoms. The number of unbranched alkanes of at least 4 members (excludes halogenated alkanes) is 8. The van der Waals surface area contributed by atoms with Crippen LogP contribution in [0.4, 0.5) is 0 Å². The summed E-state index contributed by atoms with van der Waals surface area (Å²) in [5.41, 5.74) is 0. The maximum Gasteiger partial charge on any atom is 0.0786 e. The second-order valence-corrected chi connectivity index (χ2v) is 11.6. The van der Waals surface area contributed by atoms with E-state index in [2.05, 4.69) is 55.4 Å². The summed E-state index contributed by atoms with van der Waals surface area (Å²) >= 11 is 0. The van der Waals surface area contributed by atoms with Crippen LogP contribution in [0.1, 0.15) is 165 Å². The standard InChI is InChI=1S/2C16H36N.C2H5O.ClH/c2*1-5-9-13-17(14-10-6-2,15-11-7-3)16-12-8-4;1-2-3;/h2*5-16H2,1-4H3;2H2,1H3;1H/q2*+1;-1;/p-1. The lowest BCUT2D eigenvalue weighted by Gasteiger charge is -2.39. The quantitative estimate of drug-likeness (QED) is 0.125. The average Bonchev–Trinajstić information content (AvgIpc) is 2.92. The van der Waals surface area contributed by atoms with Crippen LogP contribution in [-0.2, 0) is 0 Å². The van der Waals surface area contributed by atoms with Crippen molar-refractivity contribution in [2.75, 3.05) is 59.0 Å². The van der Waals surface area contributed by atoms with Crippen LogP contribution in [0.25, 0.3) is 0 Å². The van der Waals surface area contributed by atoms with Gasteiger partial charge < -0.3 is 26.5 Å². The maximum atomic E-state index is 8.93. The summed E-state index contributed by atoms with van der Waals surface area (Å²) in [6.45, 7) is 31.6. The Morgan fingerprint density at radius 1 is 0.316 bits per heavy atom. The SMILES string of the molecule is CCCC[N+](CCCC)(CCCC)CCCC.CCCC[N+](CCCC)(CCCC)CCCC.CC[O-].[Cl-]. The highest BCUT2D eigenvalue weighted by Gasteiger charge is 2.25. The molecule has 0 aromatic rings. The Morgan fingerprint density at radius 3 is 0.500 bits per heavy atom. The number of quaternary nitrogens is 2. The van der Waals surface area contributed by atoms with E-state index in [0.29, 0.717) is 0 Å². The van der Waals surface area contributed by atoms with Gasteiger partial charge in [-0.2, -0.15) is 0 Å². The number of hydrogen-bond donors (Lipinski definition) is 0.